The molecule has 1 aliphatic heterocycles. The average molecular weight is 418 g/mol. The molecule has 9 nitrogen and oxygen atoms in total. The highest BCUT2D eigenvalue weighted by atomic mass is 16.7. The quantitative estimate of drug-likeness (QED) is 0.284. The molecule has 2 aromatic carbocycles. The van der Waals surface area contributed by atoms with Crippen LogP contribution in [0.3, 0.4) is 0 Å². The predicted molar refractivity (Wildman–Crippen MR) is 104 cm³/mol. The Morgan fingerprint density at radius 3 is 2.33 bits per heavy atom. The maximum atomic E-state index is 12.3. The number of carbonyl (C=O) groups is 1. The molecule has 160 valence electrons. The van der Waals surface area contributed by atoms with E-state index in [4.69, 9.17) is 9.47 Å². The summed E-state index contributed by atoms with van der Waals surface area (Å²) in [6.45, 7) is -0.600. The molecule has 2 aromatic rings. The number of aromatic hydroxyl groups is 2. The van der Waals surface area contributed by atoms with Gasteiger partial charge in [0, 0.05) is 6.07 Å². The Labute approximate surface area is 171 Å². The van der Waals surface area contributed by atoms with E-state index >= 15 is 0 Å². The number of allylic oxidation sites excluding steroid dienone is 1. The van der Waals surface area contributed by atoms with Crippen molar-refractivity contribution in [3.05, 3.63) is 59.7 Å². The fourth-order valence-electron chi connectivity index (χ4n) is 2.94. The second-order valence-electron chi connectivity index (χ2n) is 6.78. The van der Waals surface area contributed by atoms with Crippen LogP contribution in [0.1, 0.15) is 15.9 Å². The molecule has 0 spiro atoms. The standard InChI is InChI=1S/C21H22O9/c22-10-17-18(26)19(27)20(28)21(30-17)29-13-6-7-14(16(25)9-13)15(24)8-3-11-1-4-12(23)5-2-11/h1-9,17-23,25-28H,10H2/b8-3+/t17-,18+,19-,20+,21+/m0/s1. The highest BCUT2D eigenvalue weighted by Crippen LogP contribution is 2.28. The van der Waals surface area contributed by atoms with Gasteiger partial charge in [0.25, 0.3) is 0 Å². The van der Waals surface area contributed by atoms with E-state index in [1.54, 1.807) is 12.1 Å². The van der Waals surface area contributed by atoms with Crippen LogP contribution in [0.15, 0.2) is 48.5 Å². The second kappa shape index (κ2) is 9.24. The fourth-order valence-corrected chi connectivity index (χ4v) is 2.94. The van der Waals surface area contributed by atoms with Crippen LogP contribution in [0.25, 0.3) is 6.08 Å². The van der Waals surface area contributed by atoms with Crippen LogP contribution in [0.2, 0.25) is 0 Å². The van der Waals surface area contributed by atoms with Gasteiger partial charge in [0.1, 0.15) is 41.7 Å². The molecule has 0 saturated carbocycles. The van der Waals surface area contributed by atoms with Gasteiger partial charge in [-0.15, -0.1) is 0 Å². The van der Waals surface area contributed by atoms with E-state index < -0.39 is 43.1 Å². The molecule has 6 N–H and O–H groups in total. The molecule has 0 unspecified atom stereocenters. The predicted octanol–water partition coefficient (Wildman–Crippen LogP) is 0.173. The van der Waals surface area contributed by atoms with Crippen LogP contribution in [0, 0.1) is 0 Å². The molecule has 1 fully saturated rings. The lowest BCUT2D eigenvalue weighted by Gasteiger charge is -2.39. The molecule has 0 aliphatic carbocycles. The van der Waals surface area contributed by atoms with Crippen LogP contribution in [-0.2, 0) is 4.74 Å². The number of aliphatic hydroxyl groups excluding tert-OH is 4. The topological polar surface area (TPSA) is 157 Å². The van der Waals surface area contributed by atoms with Crippen molar-refractivity contribution >= 4 is 11.9 Å². The Morgan fingerprint density at radius 1 is 1.00 bits per heavy atom. The number of hydrogen-bond donors (Lipinski definition) is 6. The van der Waals surface area contributed by atoms with Crippen molar-refractivity contribution in [3.8, 4) is 17.2 Å². The summed E-state index contributed by atoms with van der Waals surface area (Å²) in [5, 5.41) is 58.2. The highest BCUT2D eigenvalue weighted by molar-refractivity contribution is 6.08. The lowest BCUT2D eigenvalue weighted by molar-refractivity contribution is -0.277. The molecular formula is C21H22O9. The van der Waals surface area contributed by atoms with E-state index in [9.17, 15) is 35.4 Å². The van der Waals surface area contributed by atoms with Gasteiger partial charge in [-0.1, -0.05) is 18.2 Å². The maximum absolute atomic E-state index is 12.3. The van der Waals surface area contributed by atoms with Crippen LogP contribution in [0.5, 0.6) is 17.2 Å². The first-order chi connectivity index (χ1) is 14.3. The zero-order valence-electron chi connectivity index (χ0n) is 15.7. The summed E-state index contributed by atoms with van der Waals surface area (Å²) in [6.07, 6.45) is -4.46. The lowest BCUT2D eigenvalue weighted by Crippen LogP contribution is -2.60. The summed E-state index contributed by atoms with van der Waals surface area (Å²) in [6, 6.07) is 10.0. The van der Waals surface area contributed by atoms with E-state index in [0.29, 0.717) is 5.56 Å². The van der Waals surface area contributed by atoms with Gasteiger partial charge in [0.05, 0.1) is 12.2 Å². The molecule has 30 heavy (non-hydrogen) atoms. The first-order valence-electron chi connectivity index (χ1n) is 9.12. The van der Waals surface area contributed by atoms with Crippen molar-refractivity contribution < 1.29 is 44.9 Å². The lowest BCUT2D eigenvalue weighted by atomic mass is 9.99. The van der Waals surface area contributed by atoms with E-state index in [0.717, 1.165) is 6.07 Å². The van der Waals surface area contributed by atoms with Gasteiger partial charge in [-0.25, -0.2) is 0 Å². The summed E-state index contributed by atoms with van der Waals surface area (Å²) in [5.74, 6) is -0.709. The van der Waals surface area contributed by atoms with E-state index in [2.05, 4.69) is 0 Å². The number of ether oxygens (including phenoxy) is 2. The third-order valence-corrected chi connectivity index (χ3v) is 4.66. The number of phenolic OH excluding ortho intramolecular Hbond substituents is 2. The summed E-state index contributed by atoms with van der Waals surface area (Å²) in [7, 11) is 0. The monoisotopic (exact) mass is 418 g/mol. The number of ketones is 1. The van der Waals surface area contributed by atoms with Crippen molar-refractivity contribution in [3.63, 3.8) is 0 Å². The van der Waals surface area contributed by atoms with Crippen LogP contribution in [-0.4, -0.2) is 73.7 Å². The van der Waals surface area contributed by atoms with Crippen molar-refractivity contribution in [2.45, 2.75) is 30.7 Å². The molecule has 1 heterocycles. The third kappa shape index (κ3) is 4.78. The normalized spacial score (nSPS) is 26.6. The smallest absolute Gasteiger partial charge is 0.229 e. The SMILES string of the molecule is O=C(/C=C/c1ccc(O)cc1)c1ccc(O[C@@H]2O[C@@H](CO)[C@@H](O)[C@H](O)[C@H]2O)cc1O. The Balaban J connectivity index is 1.70. The van der Waals surface area contributed by atoms with Crippen LogP contribution in [0.4, 0.5) is 0 Å². The molecule has 5 atom stereocenters. The Hall–Kier alpha value is -2.95. The fraction of sp³-hybridized carbons (Fsp3) is 0.286. The maximum Gasteiger partial charge on any atom is 0.229 e. The first kappa shape index (κ1) is 21.8. The van der Waals surface area contributed by atoms with E-state index in [1.807, 2.05) is 0 Å². The molecule has 1 aliphatic rings. The zero-order valence-corrected chi connectivity index (χ0v) is 15.7. The molecular weight excluding hydrogens is 396 g/mol. The number of rotatable bonds is 6. The number of hydrogen-bond acceptors (Lipinski definition) is 9. The minimum Gasteiger partial charge on any atom is -0.508 e. The van der Waals surface area contributed by atoms with Gasteiger partial charge >= 0.3 is 0 Å². The van der Waals surface area contributed by atoms with Gasteiger partial charge in [-0.05, 0) is 35.9 Å². The molecule has 9 heteroatoms. The van der Waals surface area contributed by atoms with Gasteiger partial charge in [-0.2, -0.15) is 0 Å². The van der Waals surface area contributed by atoms with Gasteiger partial charge < -0.3 is 40.1 Å². The number of phenols is 2. The van der Waals surface area contributed by atoms with E-state index in [-0.39, 0.29) is 22.8 Å². The van der Waals surface area contributed by atoms with Crippen LogP contribution >= 0.6 is 0 Å². The average Bonchev–Trinajstić information content (AvgIpc) is 2.73. The molecule has 0 bridgehead atoms. The minimum atomic E-state index is -1.60. The van der Waals surface area contributed by atoms with E-state index in [1.165, 1.54) is 36.4 Å². The third-order valence-electron chi connectivity index (χ3n) is 4.66. The molecule has 0 radical (unpaired) electrons. The van der Waals surface area contributed by atoms with Crippen molar-refractivity contribution in [1.29, 1.82) is 0 Å². The Morgan fingerprint density at radius 2 is 1.70 bits per heavy atom. The molecule has 0 aromatic heterocycles. The van der Waals surface area contributed by atoms with Gasteiger partial charge in [0.2, 0.25) is 6.29 Å². The molecule has 0 amide bonds. The first-order valence-corrected chi connectivity index (χ1v) is 9.12. The van der Waals surface area contributed by atoms with Crippen molar-refractivity contribution in [2.75, 3.05) is 6.61 Å². The number of carbonyl (C=O) groups excluding carboxylic acids is 1. The Kier molecular flexibility index (Phi) is 6.70. The number of benzene rings is 2. The molecule has 3 rings (SSSR count). The number of aliphatic hydroxyl groups is 4. The van der Waals surface area contributed by atoms with Gasteiger partial charge in [0.15, 0.2) is 5.78 Å². The summed E-state index contributed by atoms with van der Waals surface area (Å²) in [5.41, 5.74) is 0.689. The Bertz CT molecular complexity index is 907. The van der Waals surface area contributed by atoms with Crippen molar-refractivity contribution in [1.82, 2.24) is 0 Å². The van der Waals surface area contributed by atoms with Gasteiger partial charge in [-0.3, -0.25) is 4.79 Å². The van der Waals surface area contributed by atoms with Crippen LogP contribution < -0.4 is 4.74 Å². The largest absolute Gasteiger partial charge is 0.508 e. The molecule has 1 saturated heterocycles. The summed E-state index contributed by atoms with van der Waals surface area (Å²) >= 11 is 0. The summed E-state index contributed by atoms with van der Waals surface area (Å²) in [4.78, 5) is 12.3. The zero-order chi connectivity index (χ0) is 21.8. The second-order valence-corrected chi connectivity index (χ2v) is 6.78. The van der Waals surface area contributed by atoms with Crippen molar-refractivity contribution in [2.24, 2.45) is 0 Å². The minimum absolute atomic E-state index is 0.00572. The summed E-state index contributed by atoms with van der Waals surface area (Å²) < 4.78 is 10.6. The highest BCUT2D eigenvalue weighted by Gasteiger charge is 2.44.